The molecule has 1 fully saturated rings. The van der Waals surface area contributed by atoms with Crippen LogP contribution in [0.3, 0.4) is 0 Å². The van der Waals surface area contributed by atoms with Crippen molar-refractivity contribution < 1.29 is 23.9 Å². The molecule has 8 nitrogen and oxygen atoms in total. The van der Waals surface area contributed by atoms with Crippen LogP contribution in [0.5, 0.6) is 0 Å². The zero-order valence-corrected chi connectivity index (χ0v) is 13.9. The number of hydrogen-bond acceptors (Lipinski definition) is 6. The minimum absolute atomic E-state index is 0.0154. The van der Waals surface area contributed by atoms with Gasteiger partial charge in [-0.05, 0) is 26.2 Å². The van der Waals surface area contributed by atoms with Crippen molar-refractivity contribution in [2.24, 2.45) is 0 Å². The molecule has 1 heterocycles. The van der Waals surface area contributed by atoms with Gasteiger partial charge in [0.1, 0.15) is 6.04 Å². The van der Waals surface area contributed by atoms with Gasteiger partial charge in [0.25, 0.3) is 0 Å². The van der Waals surface area contributed by atoms with Gasteiger partial charge in [-0.3, -0.25) is 19.3 Å². The van der Waals surface area contributed by atoms with Crippen molar-refractivity contribution in [1.29, 1.82) is 0 Å². The van der Waals surface area contributed by atoms with E-state index in [1.165, 1.54) is 0 Å². The average molecular weight is 329 g/mol. The standard InChI is InChI=1S/C15H27N3O5/c1-3-23-14(20)11-18(8-9-22-2)10-13(19)17-12-6-4-5-7-16-15(12)21/h12H,3-11H2,1-2H3,(H,16,21)(H,17,19). The quantitative estimate of drug-likeness (QED) is 0.542. The van der Waals surface area contributed by atoms with Gasteiger partial charge in [0.05, 0.1) is 26.3 Å². The second-order valence-corrected chi connectivity index (χ2v) is 5.42. The maximum absolute atomic E-state index is 12.2. The first-order chi connectivity index (χ1) is 11.1. The fourth-order valence-electron chi connectivity index (χ4n) is 2.34. The normalized spacial score (nSPS) is 18.2. The zero-order valence-electron chi connectivity index (χ0n) is 13.9. The molecule has 132 valence electrons. The summed E-state index contributed by atoms with van der Waals surface area (Å²) >= 11 is 0. The molecule has 1 atom stereocenters. The maximum Gasteiger partial charge on any atom is 0.320 e. The molecule has 2 amide bonds. The van der Waals surface area contributed by atoms with Crippen LogP contribution in [0.4, 0.5) is 0 Å². The molecule has 1 saturated heterocycles. The van der Waals surface area contributed by atoms with E-state index >= 15 is 0 Å². The highest BCUT2D eigenvalue weighted by molar-refractivity contribution is 5.88. The second kappa shape index (κ2) is 11.0. The van der Waals surface area contributed by atoms with Crippen molar-refractivity contribution >= 4 is 17.8 Å². The lowest BCUT2D eigenvalue weighted by Gasteiger charge is -2.22. The number of carbonyl (C=O) groups excluding carboxylic acids is 3. The molecule has 8 heteroatoms. The van der Waals surface area contributed by atoms with Gasteiger partial charge < -0.3 is 20.1 Å². The van der Waals surface area contributed by atoms with E-state index in [-0.39, 0.29) is 30.9 Å². The van der Waals surface area contributed by atoms with E-state index in [0.29, 0.717) is 32.7 Å². The van der Waals surface area contributed by atoms with Crippen molar-refractivity contribution in [3.05, 3.63) is 0 Å². The highest BCUT2D eigenvalue weighted by Gasteiger charge is 2.23. The van der Waals surface area contributed by atoms with Crippen molar-refractivity contribution in [1.82, 2.24) is 15.5 Å². The van der Waals surface area contributed by atoms with Crippen molar-refractivity contribution in [3.8, 4) is 0 Å². The van der Waals surface area contributed by atoms with Crippen LogP contribution in [-0.4, -0.2) is 75.2 Å². The Morgan fingerprint density at radius 1 is 1.35 bits per heavy atom. The van der Waals surface area contributed by atoms with Crippen LogP contribution in [0.15, 0.2) is 0 Å². The molecular weight excluding hydrogens is 302 g/mol. The number of esters is 1. The number of hydrogen-bond donors (Lipinski definition) is 2. The molecule has 0 bridgehead atoms. The molecular formula is C15H27N3O5. The maximum atomic E-state index is 12.2. The van der Waals surface area contributed by atoms with Crippen molar-refractivity contribution in [3.63, 3.8) is 0 Å². The monoisotopic (exact) mass is 329 g/mol. The van der Waals surface area contributed by atoms with Gasteiger partial charge >= 0.3 is 5.97 Å². The minimum Gasteiger partial charge on any atom is -0.465 e. The van der Waals surface area contributed by atoms with E-state index < -0.39 is 6.04 Å². The predicted octanol–water partition coefficient (Wildman–Crippen LogP) is -0.717. The molecule has 1 aliphatic rings. The highest BCUT2D eigenvalue weighted by Crippen LogP contribution is 2.05. The number of ether oxygens (including phenoxy) is 2. The van der Waals surface area contributed by atoms with Crippen LogP contribution >= 0.6 is 0 Å². The van der Waals surface area contributed by atoms with Gasteiger partial charge in [0.15, 0.2) is 0 Å². The lowest BCUT2D eigenvalue weighted by molar-refractivity contribution is -0.145. The summed E-state index contributed by atoms with van der Waals surface area (Å²) in [7, 11) is 1.55. The first-order valence-corrected chi connectivity index (χ1v) is 8.00. The lowest BCUT2D eigenvalue weighted by atomic mass is 10.1. The summed E-state index contributed by atoms with van der Waals surface area (Å²) in [4.78, 5) is 37.2. The number of carbonyl (C=O) groups is 3. The molecule has 0 aromatic heterocycles. The second-order valence-electron chi connectivity index (χ2n) is 5.42. The van der Waals surface area contributed by atoms with E-state index in [1.807, 2.05) is 0 Å². The van der Waals surface area contributed by atoms with Gasteiger partial charge in [-0.1, -0.05) is 0 Å². The van der Waals surface area contributed by atoms with E-state index in [0.717, 1.165) is 12.8 Å². The number of amides is 2. The third-order valence-corrected chi connectivity index (χ3v) is 3.51. The van der Waals surface area contributed by atoms with Crippen LogP contribution in [0.1, 0.15) is 26.2 Å². The number of nitrogens with one attached hydrogen (secondary N) is 2. The Morgan fingerprint density at radius 3 is 2.83 bits per heavy atom. The Balaban J connectivity index is 2.50. The fourth-order valence-corrected chi connectivity index (χ4v) is 2.34. The van der Waals surface area contributed by atoms with E-state index in [4.69, 9.17) is 9.47 Å². The first-order valence-electron chi connectivity index (χ1n) is 8.00. The van der Waals surface area contributed by atoms with E-state index in [9.17, 15) is 14.4 Å². The third-order valence-electron chi connectivity index (χ3n) is 3.51. The Hall–Kier alpha value is -1.67. The molecule has 0 aliphatic carbocycles. The molecule has 1 unspecified atom stereocenters. The molecule has 0 aromatic carbocycles. The Labute approximate surface area is 136 Å². The third kappa shape index (κ3) is 7.94. The molecule has 1 aliphatic heterocycles. The molecule has 23 heavy (non-hydrogen) atoms. The van der Waals surface area contributed by atoms with Gasteiger partial charge in [-0.15, -0.1) is 0 Å². The number of nitrogens with zero attached hydrogens (tertiary/aromatic N) is 1. The molecule has 0 aromatic rings. The van der Waals surface area contributed by atoms with Gasteiger partial charge in [0.2, 0.25) is 11.8 Å². The van der Waals surface area contributed by atoms with Crippen LogP contribution in [0.2, 0.25) is 0 Å². The summed E-state index contributed by atoms with van der Waals surface area (Å²) in [5.74, 6) is -0.819. The Bertz CT molecular complexity index is 403. The highest BCUT2D eigenvalue weighted by atomic mass is 16.5. The Kier molecular flexibility index (Phi) is 9.23. The topological polar surface area (TPSA) is 97.0 Å². The van der Waals surface area contributed by atoms with E-state index in [1.54, 1.807) is 18.9 Å². The van der Waals surface area contributed by atoms with E-state index in [2.05, 4.69) is 10.6 Å². The summed E-state index contributed by atoms with van der Waals surface area (Å²) in [6.45, 7) is 3.54. The van der Waals surface area contributed by atoms with Crippen LogP contribution in [-0.2, 0) is 23.9 Å². The first kappa shape index (κ1) is 19.4. The largest absolute Gasteiger partial charge is 0.465 e. The summed E-state index contributed by atoms with van der Waals surface area (Å²) in [5, 5.41) is 5.51. The van der Waals surface area contributed by atoms with Gasteiger partial charge in [-0.25, -0.2) is 0 Å². The lowest BCUT2D eigenvalue weighted by Crippen LogP contribution is -2.49. The molecule has 0 radical (unpaired) electrons. The fraction of sp³-hybridized carbons (Fsp3) is 0.800. The number of rotatable bonds is 9. The molecule has 2 N–H and O–H groups in total. The van der Waals surface area contributed by atoms with Gasteiger partial charge in [-0.2, -0.15) is 0 Å². The average Bonchev–Trinajstić information content (AvgIpc) is 2.70. The Morgan fingerprint density at radius 2 is 2.13 bits per heavy atom. The number of methoxy groups -OCH3 is 1. The summed E-state index contributed by atoms with van der Waals surface area (Å²) < 4.78 is 9.89. The van der Waals surface area contributed by atoms with Crippen LogP contribution in [0.25, 0.3) is 0 Å². The molecule has 1 rings (SSSR count). The van der Waals surface area contributed by atoms with Crippen molar-refractivity contribution in [2.75, 3.05) is 46.5 Å². The smallest absolute Gasteiger partial charge is 0.320 e. The van der Waals surface area contributed by atoms with Crippen LogP contribution < -0.4 is 10.6 Å². The van der Waals surface area contributed by atoms with Crippen molar-refractivity contribution in [2.45, 2.75) is 32.2 Å². The predicted molar refractivity (Wildman–Crippen MR) is 83.7 cm³/mol. The minimum atomic E-state index is -0.503. The summed E-state index contributed by atoms with van der Waals surface area (Å²) in [5.41, 5.74) is 0. The van der Waals surface area contributed by atoms with Crippen LogP contribution in [0, 0.1) is 0 Å². The summed E-state index contributed by atoms with van der Waals surface area (Å²) in [6, 6.07) is -0.503. The molecule has 0 spiro atoms. The van der Waals surface area contributed by atoms with Gasteiger partial charge in [0, 0.05) is 20.2 Å². The zero-order chi connectivity index (χ0) is 17.1. The molecule has 0 saturated carbocycles. The SMILES string of the molecule is CCOC(=O)CN(CCOC)CC(=O)NC1CCCCNC1=O. The summed E-state index contributed by atoms with van der Waals surface area (Å²) in [6.07, 6.45) is 2.44.